The largest absolute Gasteiger partial charge is 0.309 e. The molecule has 0 aliphatic rings. The van der Waals surface area contributed by atoms with Crippen molar-refractivity contribution in [1.29, 1.82) is 0 Å². The van der Waals surface area contributed by atoms with Gasteiger partial charge in [0.15, 0.2) is 17.5 Å². The van der Waals surface area contributed by atoms with Crippen molar-refractivity contribution in [1.82, 2.24) is 24.1 Å². The van der Waals surface area contributed by atoms with E-state index in [-0.39, 0.29) is 0 Å². The molecule has 0 unspecified atom stereocenters. The number of aromatic nitrogens is 5. The van der Waals surface area contributed by atoms with Crippen LogP contribution >= 0.6 is 0 Å². The molecule has 12 rings (SSSR count). The van der Waals surface area contributed by atoms with E-state index in [0.29, 0.717) is 17.5 Å². The summed E-state index contributed by atoms with van der Waals surface area (Å²) in [5.41, 5.74) is 14.3. The first-order chi connectivity index (χ1) is 30.7. The van der Waals surface area contributed by atoms with Crippen LogP contribution in [0.3, 0.4) is 0 Å². The second-order valence-corrected chi connectivity index (χ2v) is 15.7. The molecule has 290 valence electrons. The highest BCUT2D eigenvalue weighted by molar-refractivity contribution is 6.12. The molecular weight excluding hydrogens is 755 g/mol. The first-order valence-electron chi connectivity index (χ1n) is 20.9. The third-order valence-electron chi connectivity index (χ3n) is 12.0. The van der Waals surface area contributed by atoms with Gasteiger partial charge in [-0.3, -0.25) is 0 Å². The number of hydrogen-bond acceptors (Lipinski definition) is 3. The van der Waals surface area contributed by atoms with Gasteiger partial charge in [-0.25, -0.2) is 15.0 Å². The Morgan fingerprint density at radius 2 is 0.597 bits per heavy atom. The quantitative estimate of drug-likeness (QED) is 0.162. The molecule has 5 nitrogen and oxygen atoms in total. The Labute approximate surface area is 358 Å². The van der Waals surface area contributed by atoms with Gasteiger partial charge in [0.2, 0.25) is 0 Å². The minimum atomic E-state index is 0.620. The summed E-state index contributed by atoms with van der Waals surface area (Å²) in [6.07, 6.45) is 0. The molecule has 0 atom stereocenters. The lowest BCUT2D eigenvalue weighted by Crippen LogP contribution is -2.01. The molecule has 62 heavy (non-hydrogen) atoms. The summed E-state index contributed by atoms with van der Waals surface area (Å²) in [6.45, 7) is 0. The molecule has 0 saturated carbocycles. The molecule has 0 fully saturated rings. The Balaban J connectivity index is 0.966. The van der Waals surface area contributed by atoms with Gasteiger partial charge >= 0.3 is 0 Å². The zero-order valence-corrected chi connectivity index (χ0v) is 33.6. The lowest BCUT2D eigenvalue weighted by Gasteiger charge is -2.12. The number of fused-ring (bicyclic) bond motifs is 6. The van der Waals surface area contributed by atoms with Crippen LogP contribution in [-0.2, 0) is 0 Å². The Hall–Kier alpha value is -8.41. The van der Waals surface area contributed by atoms with E-state index in [1.54, 1.807) is 0 Å². The highest BCUT2D eigenvalue weighted by Crippen LogP contribution is 2.39. The SMILES string of the molecule is c1ccc(-c2ccc(-c3nc(-c4ccccc4)nc(-c4cccc(-n5c6ccccc6c6cc(-c7ccc8c(c7)c7ccccc7n8-c7ccccc7)ccc65)c4)n3)cc2)cc1. The summed E-state index contributed by atoms with van der Waals surface area (Å²) in [6, 6.07) is 79.3. The average molecular weight is 792 g/mol. The molecule has 9 aromatic carbocycles. The van der Waals surface area contributed by atoms with Gasteiger partial charge in [-0.15, -0.1) is 0 Å². The van der Waals surface area contributed by atoms with Crippen LogP contribution in [0.2, 0.25) is 0 Å². The van der Waals surface area contributed by atoms with Gasteiger partial charge in [0, 0.05) is 49.6 Å². The lowest BCUT2D eigenvalue weighted by atomic mass is 10.0. The van der Waals surface area contributed by atoms with Crippen molar-refractivity contribution >= 4 is 43.6 Å². The zero-order valence-electron chi connectivity index (χ0n) is 33.6. The first-order valence-corrected chi connectivity index (χ1v) is 20.9. The van der Waals surface area contributed by atoms with Crippen molar-refractivity contribution in [3.05, 3.63) is 224 Å². The fraction of sp³-hybridized carbons (Fsp3) is 0. The van der Waals surface area contributed by atoms with Gasteiger partial charge in [-0.1, -0.05) is 164 Å². The molecule has 0 bridgehead atoms. The predicted molar refractivity (Wildman–Crippen MR) is 256 cm³/mol. The second-order valence-electron chi connectivity index (χ2n) is 15.7. The molecule has 0 N–H and O–H groups in total. The Bertz CT molecular complexity index is 3610. The standard InChI is InChI=1S/C57H37N5/c1-4-15-38(16-5-1)39-27-29-41(30-28-39)56-58-55(40-17-6-2-7-18-40)59-57(60-56)44-19-14-22-46(35-44)62-52-26-13-11-24-48(52)50-37-43(32-34-54(50)62)42-31-33-53-49(36-42)47-23-10-12-25-51(47)61(53)45-20-8-3-9-21-45/h1-37H. The fourth-order valence-electron chi connectivity index (χ4n) is 9.02. The normalized spacial score (nSPS) is 11.5. The zero-order chi connectivity index (χ0) is 41.0. The molecule has 3 aromatic heterocycles. The van der Waals surface area contributed by atoms with Crippen LogP contribution in [-0.4, -0.2) is 24.1 Å². The van der Waals surface area contributed by atoms with Crippen molar-refractivity contribution in [2.75, 3.05) is 0 Å². The second kappa shape index (κ2) is 14.7. The van der Waals surface area contributed by atoms with Gasteiger partial charge in [0.05, 0.1) is 22.1 Å². The molecule has 0 aliphatic carbocycles. The molecule has 0 saturated heterocycles. The molecule has 3 heterocycles. The van der Waals surface area contributed by atoms with E-state index < -0.39 is 0 Å². The van der Waals surface area contributed by atoms with Gasteiger partial charge in [0.25, 0.3) is 0 Å². The van der Waals surface area contributed by atoms with Gasteiger partial charge in [-0.2, -0.15) is 0 Å². The van der Waals surface area contributed by atoms with E-state index in [1.165, 1.54) is 49.3 Å². The number of nitrogens with zero attached hydrogens (tertiary/aromatic N) is 5. The Morgan fingerprint density at radius 3 is 1.18 bits per heavy atom. The average Bonchev–Trinajstić information content (AvgIpc) is 3.87. The monoisotopic (exact) mass is 791 g/mol. The van der Waals surface area contributed by atoms with Crippen molar-refractivity contribution in [2.45, 2.75) is 0 Å². The predicted octanol–water partition coefficient (Wildman–Crippen LogP) is 14.4. The molecule has 5 heteroatoms. The van der Waals surface area contributed by atoms with E-state index in [9.17, 15) is 0 Å². The molecule has 12 aromatic rings. The summed E-state index contributed by atoms with van der Waals surface area (Å²) in [7, 11) is 0. The van der Waals surface area contributed by atoms with E-state index in [0.717, 1.165) is 44.7 Å². The highest BCUT2D eigenvalue weighted by atomic mass is 15.0. The Morgan fingerprint density at radius 1 is 0.226 bits per heavy atom. The van der Waals surface area contributed by atoms with E-state index >= 15 is 0 Å². The fourth-order valence-corrected chi connectivity index (χ4v) is 9.02. The van der Waals surface area contributed by atoms with Gasteiger partial charge in [0.1, 0.15) is 0 Å². The number of hydrogen-bond donors (Lipinski definition) is 0. The molecule has 0 radical (unpaired) electrons. The maximum atomic E-state index is 5.12. The molecular formula is C57H37N5. The van der Waals surface area contributed by atoms with E-state index in [4.69, 9.17) is 15.0 Å². The van der Waals surface area contributed by atoms with Crippen molar-refractivity contribution in [2.24, 2.45) is 0 Å². The molecule has 0 aliphatic heterocycles. The van der Waals surface area contributed by atoms with E-state index in [2.05, 4.69) is 197 Å². The van der Waals surface area contributed by atoms with Crippen LogP contribution in [0.15, 0.2) is 224 Å². The van der Waals surface area contributed by atoms with E-state index in [1.807, 2.05) is 36.4 Å². The van der Waals surface area contributed by atoms with Gasteiger partial charge in [-0.05, 0) is 82.9 Å². The number of para-hydroxylation sites is 3. The number of rotatable bonds is 7. The summed E-state index contributed by atoms with van der Waals surface area (Å²) in [5, 5.41) is 4.88. The minimum absolute atomic E-state index is 0.620. The smallest absolute Gasteiger partial charge is 0.164 e. The lowest BCUT2D eigenvalue weighted by molar-refractivity contribution is 1.07. The summed E-state index contributed by atoms with van der Waals surface area (Å²) < 4.78 is 4.72. The van der Waals surface area contributed by atoms with Crippen LogP contribution in [0.25, 0.3) is 111 Å². The third-order valence-corrected chi connectivity index (χ3v) is 12.0. The number of benzene rings is 9. The summed E-state index contributed by atoms with van der Waals surface area (Å²) >= 11 is 0. The van der Waals surface area contributed by atoms with Crippen LogP contribution in [0.1, 0.15) is 0 Å². The Kier molecular flexibility index (Phi) is 8.42. The van der Waals surface area contributed by atoms with Crippen LogP contribution in [0.5, 0.6) is 0 Å². The molecule has 0 amide bonds. The van der Waals surface area contributed by atoms with Crippen molar-refractivity contribution < 1.29 is 0 Å². The minimum Gasteiger partial charge on any atom is -0.309 e. The highest BCUT2D eigenvalue weighted by Gasteiger charge is 2.18. The molecule has 0 spiro atoms. The van der Waals surface area contributed by atoms with Crippen molar-refractivity contribution in [3.63, 3.8) is 0 Å². The van der Waals surface area contributed by atoms with Crippen molar-refractivity contribution in [3.8, 4) is 67.8 Å². The maximum absolute atomic E-state index is 5.12. The first kappa shape index (κ1) is 35.5. The maximum Gasteiger partial charge on any atom is 0.164 e. The summed E-state index contributed by atoms with van der Waals surface area (Å²) in [4.78, 5) is 15.2. The van der Waals surface area contributed by atoms with Crippen LogP contribution in [0.4, 0.5) is 0 Å². The van der Waals surface area contributed by atoms with Crippen LogP contribution in [0, 0.1) is 0 Å². The topological polar surface area (TPSA) is 48.5 Å². The third kappa shape index (κ3) is 6.06. The van der Waals surface area contributed by atoms with Gasteiger partial charge < -0.3 is 9.13 Å². The summed E-state index contributed by atoms with van der Waals surface area (Å²) in [5.74, 6) is 1.89. The van der Waals surface area contributed by atoms with Crippen LogP contribution < -0.4 is 0 Å².